The summed E-state index contributed by atoms with van der Waals surface area (Å²) in [4.78, 5) is 17.5. The van der Waals surface area contributed by atoms with Crippen molar-refractivity contribution in [3.8, 4) is 45.3 Å². The van der Waals surface area contributed by atoms with Crippen LogP contribution in [0.15, 0.2) is 203 Å². The fraction of sp³-hybridized carbons (Fsp3) is 0. The largest absolute Gasteiger partial charge is 0.456 e. The van der Waals surface area contributed by atoms with Gasteiger partial charge in [-0.1, -0.05) is 133 Å². The highest BCUT2D eigenvalue weighted by molar-refractivity contribution is 6.14. The van der Waals surface area contributed by atoms with Crippen LogP contribution >= 0.6 is 0 Å². The highest BCUT2D eigenvalue weighted by atomic mass is 16.3. The van der Waals surface area contributed by atoms with Crippen molar-refractivity contribution < 1.29 is 8.83 Å². The first-order valence-corrected chi connectivity index (χ1v) is 18.9. The smallest absolute Gasteiger partial charge is 0.167 e. The summed E-state index contributed by atoms with van der Waals surface area (Å²) in [5, 5.41) is 4.11. The third kappa shape index (κ3) is 5.70. The van der Waals surface area contributed by atoms with Gasteiger partial charge in [-0.3, -0.25) is 0 Å². The molecule has 0 aliphatic rings. The number of hydrogen-bond donors (Lipinski definition) is 0. The van der Waals surface area contributed by atoms with Gasteiger partial charge in [0.15, 0.2) is 17.5 Å². The van der Waals surface area contributed by atoms with Gasteiger partial charge in [0.1, 0.15) is 22.3 Å². The predicted molar refractivity (Wildman–Crippen MR) is 231 cm³/mol. The van der Waals surface area contributed by atoms with E-state index < -0.39 is 0 Å². The van der Waals surface area contributed by atoms with Gasteiger partial charge in [0.2, 0.25) is 0 Å². The third-order valence-electron chi connectivity index (χ3n) is 10.5. The number of anilines is 3. The first-order valence-electron chi connectivity index (χ1n) is 18.9. The van der Waals surface area contributed by atoms with E-state index in [2.05, 4.69) is 108 Å². The van der Waals surface area contributed by atoms with Crippen LogP contribution in [0.1, 0.15) is 0 Å². The van der Waals surface area contributed by atoms with Crippen molar-refractivity contribution >= 4 is 60.9 Å². The summed E-state index contributed by atoms with van der Waals surface area (Å²) in [6.45, 7) is 0. The quantitative estimate of drug-likeness (QED) is 0.162. The molecule has 0 fully saturated rings. The van der Waals surface area contributed by atoms with Gasteiger partial charge < -0.3 is 13.7 Å². The SMILES string of the molecule is c1ccc(-c2cccc(-c3nc(-c4ccccc4)nc(-c4cccc5c4oc4cc(N(c6ccccc6)c6cccc7oc8ccccc8c67)ccc45)n3)c2)cc1. The molecule has 0 N–H and O–H groups in total. The second-order valence-corrected chi connectivity index (χ2v) is 14.0. The number of rotatable bonds is 7. The number of hydrogen-bond acceptors (Lipinski definition) is 6. The summed E-state index contributed by atoms with van der Waals surface area (Å²) < 4.78 is 13.2. The van der Waals surface area contributed by atoms with Crippen LogP contribution in [0.25, 0.3) is 89.2 Å². The molecule has 3 heterocycles. The molecule has 0 spiro atoms. The van der Waals surface area contributed by atoms with Crippen LogP contribution in [0, 0.1) is 0 Å². The first-order chi connectivity index (χ1) is 28.2. The van der Waals surface area contributed by atoms with Crippen molar-refractivity contribution in [3.63, 3.8) is 0 Å². The van der Waals surface area contributed by atoms with Crippen molar-refractivity contribution in [2.75, 3.05) is 4.90 Å². The molecule has 8 aromatic carbocycles. The van der Waals surface area contributed by atoms with Crippen LogP contribution in [-0.4, -0.2) is 15.0 Å². The molecule has 0 saturated heterocycles. The number of aromatic nitrogens is 3. The average Bonchev–Trinajstić information content (AvgIpc) is 3.86. The van der Waals surface area contributed by atoms with Crippen molar-refractivity contribution in [2.24, 2.45) is 0 Å². The van der Waals surface area contributed by atoms with Gasteiger partial charge in [0, 0.05) is 44.7 Å². The van der Waals surface area contributed by atoms with E-state index in [0.29, 0.717) is 23.1 Å². The monoisotopic (exact) mass is 732 g/mol. The van der Waals surface area contributed by atoms with Gasteiger partial charge in [0.05, 0.1) is 16.6 Å². The van der Waals surface area contributed by atoms with Gasteiger partial charge in [0.25, 0.3) is 0 Å². The topological polar surface area (TPSA) is 68.2 Å². The lowest BCUT2D eigenvalue weighted by Gasteiger charge is -2.26. The Bertz CT molecular complexity index is 3250. The molecule has 268 valence electrons. The van der Waals surface area contributed by atoms with E-state index in [1.807, 2.05) is 91.0 Å². The second kappa shape index (κ2) is 13.5. The molecule has 57 heavy (non-hydrogen) atoms. The van der Waals surface area contributed by atoms with E-state index >= 15 is 0 Å². The van der Waals surface area contributed by atoms with Crippen LogP contribution < -0.4 is 4.90 Å². The van der Waals surface area contributed by atoms with Crippen LogP contribution in [0.3, 0.4) is 0 Å². The van der Waals surface area contributed by atoms with Crippen molar-refractivity contribution in [2.45, 2.75) is 0 Å². The van der Waals surface area contributed by atoms with E-state index in [-0.39, 0.29) is 0 Å². The van der Waals surface area contributed by atoms with Gasteiger partial charge in [-0.25, -0.2) is 15.0 Å². The molecule has 0 unspecified atom stereocenters. The Morgan fingerprint density at radius 1 is 0.351 bits per heavy atom. The maximum Gasteiger partial charge on any atom is 0.167 e. The molecule has 0 amide bonds. The molecule has 0 saturated carbocycles. The molecule has 0 atom stereocenters. The van der Waals surface area contributed by atoms with Crippen molar-refractivity contribution in [1.29, 1.82) is 0 Å². The second-order valence-electron chi connectivity index (χ2n) is 14.0. The fourth-order valence-electron chi connectivity index (χ4n) is 7.86. The maximum absolute atomic E-state index is 6.87. The number of furan rings is 2. The molecule has 6 heteroatoms. The molecule has 11 aromatic rings. The Kier molecular flexibility index (Phi) is 7.71. The Morgan fingerprint density at radius 3 is 1.79 bits per heavy atom. The lowest BCUT2D eigenvalue weighted by atomic mass is 10.0. The fourth-order valence-corrected chi connectivity index (χ4v) is 7.86. The molecule has 0 bridgehead atoms. The molecular formula is C51H32N4O2. The summed E-state index contributed by atoms with van der Waals surface area (Å²) in [5.41, 5.74) is 11.0. The van der Waals surface area contributed by atoms with Crippen molar-refractivity contribution in [3.05, 3.63) is 194 Å². The molecule has 6 nitrogen and oxygen atoms in total. The van der Waals surface area contributed by atoms with Gasteiger partial charge in [-0.05, 0) is 65.7 Å². The zero-order valence-corrected chi connectivity index (χ0v) is 30.6. The summed E-state index contributed by atoms with van der Waals surface area (Å²) in [6.07, 6.45) is 0. The Morgan fingerprint density at radius 2 is 0.965 bits per heavy atom. The minimum atomic E-state index is 0.540. The normalized spacial score (nSPS) is 11.5. The Labute approximate surface area is 328 Å². The standard InChI is InChI=1S/C51H32N4O2/c1-4-15-33(16-5-1)35-19-12-20-36(31-35)50-52-49(34-17-6-2-7-18-34)53-51(54-50)42-25-13-24-40-39-30-29-38(32-46(39)57-48(40)42)55(37-21-8-3-9-22-37)43-26-14-28-45-47(43)41-23-10-11-27-44(41)56-45/h1-32H. The van der Waals surface area contributed by atoms with Gasteiger partial charge in [-0.15, -0.1) is 0 Å². The van der Waals surface area contributed by atoms with E-state index in [4.69, 9.17) is 23.8 Å². The molecule has 0 radical (unpaired) electrons. The molecular weight excluding hydrogens is 701 g/mol. The molecule has 11 rings (SSSR count). The van der Waals surface area contributed by atoms with E-state index in [9.17, 15) is 0 Å². The summed E-state index contributed by atoms with van der Waals surface area (Å²) >= 11 is 0. The number of benzene rings is 8. The van der Waals surface area contributed by atoms with Crippen LogP contribution in [0.2, 0.25) is 0 Å². The summed E-state index contributed by atoms with van der Waals surface area (Å²) in [5.74, 6) is 1.72. The Hall–Kier alpha value is -7.83. The minimum absolute atomic E-state index is 0.540. The minimum Gasteiger partial charge on any atom is -0.456 e. The summed E-state index contributed by atoms with van der Waals surface area (Å²) in [7, 11) is 0. The van der Waals surface area contributed by atoms with E-state index in [1.54, 1.807) is 0 Å². The Balaban J connectivity index is 1.08. The highest BCUT2D eigenvalue weighted by Crippen LogP contribution is 2.45. The average molecular weight is 733 g/mol. The highest BCUT2D eigenvalue weighted by Gasteiger charge is 2.22. The number of para-hydroxylation sites is 3. The number of fused-ring (bicyclic) bond motifs is 6. The molecule has 3 aromatic heterocycles. The van der Waals surface area contributed by atoms with E-state index in [0.717, 1.165) is 83.2 Å². The van der Waals surface area contributed by atoms with Gasteiger partial charge in [-0.2, -0.15) is 0 Å². The van der Waals surface area contributed by atoms with Crippen LogP contribution in [0.4, 0.5) is 17.1 Å². The number of nitrogens with zero attached hydrogens (tertiary/aromatic N) is 4. The van der Waals surface area contributed by atoms with Gasteiger partial charge >= 0.3 is 0 Å². The lowest BCUT2D eigenvalue weighted by Crippen LogP contribution is -2.10. The van der Waals surface area contributed by atoms with E-state index in [1.165, 1.54) is 0 Å². The molecule has 0 aliphatic heterocycles. The van der Waals surface area contributed by atoms with Crippen LogP contribution in [-0.2, 0) is 0 Å². The lowest BCUT2D eigenvalue weighted by molar-refractivity contribution is 0.669. The third-order valence-corrected chi connectivity index (χ3v) is 10.5. The van der Waals surface area contributed by atoms with Crippen LogP contribution in [0.5, 0.6) is 0 Å². The molecule has 0 aliphatic carbocycles. The zero-order valence-electron chi connectivity index (χ0n) is 30.6. The van der Waals surface area contributed by atoms with Crippen molar-refractivity contribution in [1.82, 2.24) is 15.0 Å². The summed E-state index contributed by atoms with van der Waals surface area (Å²) in [6, 6.07) is 66.2. The predicted octanol–water partition coefficient (Wildman–Crippen LogP) is 13.8. The maximum atomic E-state index is 6.87. The zero-order chi connectivity index (χ0) is 37.7. The first kappa shape index (κ1) is 32.6.